The molecule has 1 amide bonds. The van der Waals surface area contributed by atoms with Gasteiger partial charge < -0.3 is 10.1 Å². The summed E-state index contributed by atoms with van der Waals surface area (Å²) in [6.07, 6.45) is -1.87. The first-order valence-electron chi connectivity index (χ1n) is 8.11. The molecule has 132 valence electrons. The summed E-state index contributed by atoms with van der Waals surface area (Å²) in [6.45, 7) is -1.40. The Morgan fingerprint density at radius 3 is 2.64 bits per heavy atom. The SMILES string of the molecule is O=C(Nc1ccccc1OCC(F)(F)F)[C@@H]1CCCc2ccccc21. The van der Waals surface area contributed by atoms with Gasteiger partial charge in [0.1, 0.15) is 5.75 Å². The van der Waals surface area contributed by atoms with Crippen molar-refractivity contribution >= 4 is 11.6 Å². The van der Waals surface area contributed by atoms with E-state index in [2.05, 4.69) is 5.32 Å². The van der Waals surface area contributed by atoms with Crippen molar-refractivity contribution in [1.82, 2.24) is 0 Å². The molecule has 0 radical (unpaired) electrons. The standard InChI is InChI=1S/C19H18F3NO2/c20-19(21,22)12-25-17-11-4-3-10-16(17)23-18(24)15-9-5-7-13-6-1-2-8-14(13)15/h1-4,6,8,10-11,15H,5,7,9,12H2,(H,23,24)/t15-/m1/s1. The van der Waals surface area contributed by atoms with Gasteiger partial charge in [-0.2, -0.15) is 13.2 Å². The van der Waals surface area contributed by atoms with E-state index in [1.165, 1.54) is 6.07 Å². The number of benzene rings is 2. The molecule has 1 aliphatic rings. The van der Waals surface area contributed by atoms with E-state index in [1.807, 2.05) is 24.3 Å². The van der Waals surface area contributed by atoms with Crippen LogP contribution in [0.15, 0.2) is 48.5 Å². The molecule has 3 nitrogen and oxygen atoms in total. The average molecular weight is 349 g/mol. The number of amides is 1. The number of rotatable bonds is 4. The largest absolute Gasteiger partial charge is 0.482 e. The average Bonchev–Trinajstić information content (AvgIpc) is 2.59. The van der Waals surface area contributed by atoms with Gasteiger partial charge >= 0.3 is 6.18 Å². The van der Waals surface area contributed by atoms with Gasteiger partial charge in [-0.05, 0) is 42.5 Å². The molecule has 6 heteroatoms. The first-order chi connectivity index (χ1) is 11.9. The Labute approximate surface area is 143 Å². The predicted octanol–water partition coefficient (Wildman–Crippen LogP) is 4.69. The van der Waals surface area contributed by atoms with Crippen molar-refractivity contribution in [2.24, 2.45) is 0 Å². The summed E-state index contributed by atoms with van der Waals surface area (Å²) in [7, 11) is 0. The molecular weight excluding hydrogens is 331 g/mol. The normalized spacial score (nSPS) is 16.8. The van der Waals surface area contributed by atoms with E-state index in [9.17, 15) is 18.0 Å². The zero-order chi connectivity index (χ0) is 17.9. The van der Waals surface area contributed by atoms with Gasteiger partial charge in [-0.15, -0.1) is 0 Å². The Bertz CT molecular complexity index is 758. The fraction of sp³-hybridized carbons (Fsp3) is 0.316. The minimum atomic E-state index is -4.43. The third kappa shape index (κ3) is 4.32. The van der Waals surface area contributed by atoms with Gasteiger partial charge in [0.25, 0.3) is 0 Å². The van der Waals surface area contributed by atoms with Crippen molar-refractivity contribution in [3.8, 4) is 5.75 Å². The number of fused-ring (bicyclic) bond motifs is 1. The maximum absolute atomic E-state index is 12.7. The van der Waals surface area contributed by atoms with Gasteiger partial charge in [-0.25, -0.2) is 0 Å². The monoisotopic (exact) mass is 349 g/mol. The molecule has 2 aromatic carbocycles. The van der Waals surface area contributed by atoms with Crippen molar-refractivity contribution in [3.05, 3.63) is 59.7 Å². The van der Waals surface area contributed by atoms with Crippen LogP contribution >= 0.6 is 0 Å². The van der Waals surface area contributed by atoms with Crippen LogP contribution in [0.4, 0.5) is 18.9 Å². The third-order valence-electron chi connectivity index (χ3n) is 4.22. The molecule has 0 heterocycles. The second-order valence-corrected chi connectivity index (χ2v) is 6.03. The van der Waals surface area contributed by atoms with Gasteiger partial charge in [0.2, 0.25) is 5.91 Å². The fourth-order valence-corrected chi connectivity index (χ4v) is 3.10. The summed E-state index contributed by atoms with van der Waals surface area (Å²) in [5.74, 6) is -0.520. The molecule has 0 saturated heterocycles. The van der Waals surface area contributed by atoms with Crippen molar-refractivity contribution in [3.63, 3.8) is 0 Å². The Morgan fingerprint density at radius 2 is 1.84 bits per heavy atom. The highest BCUT2D eigenvalue weighted by atomic mass is 19.4. The van der Waals surface area contributed by atoms with Crippen LogP contribution in [0.5, 0.6) is 5.75 Å². The minimum Gasteiger partial charge on any atom is -0.482 e. The predicted molar refractivity (Wildman–Crippen MR) is 88.7 cm³/mol. The maximum atomic E-state index is 12.7. The number of hydrogen-bond acceptors (Lipinski definition) is 2. The summed E-state index contributed by atoms with van der Waals surface area (Å²) in [5, 5.41) is 2.73. The lowest BCUT2D eigenvalue weighted by atomic mass is 9.82. The third-order valence-corrected chi connectivity index (χ3v) is 4.22. The highest BCUT2D eigenvalue weighted by Gasteiger charge is 2.30. The van der Waals surface area contributed by atoms with E-state index < -0.39 is 12.8 Å². The van der Waals surface area contributed by atoms with Crippen molar-refractivity contribution in [1.29, 1.82) is 0 Å². The number of halogens is 3. The molecule has 0 bridgehead atoms. The smallest absolute Gasteiger partial charge is 0.422 e. The minimum absolute atomic E-state index is 0.0114. The summed E-state index contributed by atoms with van der Waals surface area (Å²) in [4.78, 5) is 12.7. The number of alkyl halides is 3. The Kier molecular flexibility index (Phi) is 4.97. The molecule has 0 unspecified atom stereocenters. The Morgan fingerprint density at radius 1 is 1.12 bits per heavy atom. The second-order valence-electron chi connectivity index (χ2n) is 6.03. The molecule has 0 spiro atoms. The van der Waals surface area contributed by atoms with Crippen molar-refractivity contribution < 1.29 is 22.7 Å². The Balaban J connectivity index is 1.76. The van der Waals surface area contributed by atoms with Crippen LogP contribution in [0.2, 0.25) is 0 Å². The molecule has 1 atom stereocenters. The summed E-state index contributed by atoms with van der Waals surface area (Å²) < 4.78 is 42.0. The highest BCUT2D eigenvalue weighted by molar-refractivity contribution is 5.97. The van der Waals surface area contributed by atoms with Crippen LogP contribution in [0.25, 0.3) is 0 Å². The number of aryl methyl sites for hydroxylation is 1. The summed E-state index contributed by atoms with van der Waals surface area (Å²) >= 11 is 0. The Hall–Kier alpha value is -2.50. The molecule has 2 aromatic rings. The first kappa shape index (κ1) is 17.3. The second kappa shape index (κ2) is 7.17. The highest BCUT2D eigenvalue weighted by Crippen LogP contribution is 2.34. The van der Waals surface area contributed by atoms with E-state index in [0.29, 0.717) is 6.42 Å². The van der Waals surface area contributed by atoms with E-state index in [-0.39, 0.29) is 23.3 Å². The molecule has 0 saturated carbocycles. The zero-order valence-electron chi connectivity index (χ0n) is 13.5. The number of anilines is 1. The van der Waals surface area contributed by atoms with Crippen LogP contribution in [0, 0.1) is 0 Å². The van der Waals surface area contributed by atoms with E-state index in [4.69, 9.17) is 4.74 Å². The van der Waals surface area contributed by atoms with E-state index in [1.54, 1.807) is 18.2 Å². The van der Waals surface area contributed by atoms with Crippen LogP contribution in [-0.4, -0.2) is 18.7 Å². The van der Waals surface area contributed by atoms with Gasteiger partial charge in [0.15, 0.2) is 6.61 Å². The number of para-hydroxylation sites is 2. The number of carbonyl (C=O) groups is 1. The van der Waals surface area contributed by atoms with Crippen LogP contribution < -0.4 is 10.1 Å². The van der Waals surface area contributed by atoms with Crippen LogP contribution in [0.3, 0.4) is 0 Å². The number of hydrogen-bond donors (Lipinski definition) is 1. The molecule has 1 aliphatic carbocycles. The number of carbonyl (C=O) groups excluding carboxylic acids is 1. The van der Waals surface area contributed by atoms with E-state index in [0.717, 1.165) is 24.0 Å². The van der Waals surface area contributed by atoms with Gasteiger partial charge in [-0.1, -0.05) is 36.4 Å². The quantitative estimate of drug-likeness (QED) is 0.870. The van der Waals surface area contributed by atoms with Crippen LogP contribution in [-0.2, 0) is 11.2 Å². The molecule has 0 fully saturated rings. The lowest BCUT2D eigenvalue weighted by Gasteiger charge is -2.25. The first-order valence-corrected chi connectivity index (χ1v) is 8.11. The molecular formula is C19H18F3NO2. The number of ether oxygens (including phenoxy) is 1. The summed E-state index contributed by atoms with van der Waals surface area (Å²) in [6, 6.07) is 13.9. The summed E-state index contributed by atoms with van der Waals surface area (Å²) in [5.41, 5.74) is 2.38. The van der Waals surface area contributed by atoms with Gasteiger partial charge in [0, 0.05) is 0 Å². The molecule has 0 aliphatic heterocycles. The molecule has 0 aromatic heterocycles. The lowest BCUT2D eigenvalue weighted by molar-refractivity contribution is -0.153. The molecule has 3 rings (SSSR count). The maximum Gasteiger partial charge on any atom is 0.422 e. The zero-order valence-corrected chi connectivity index (χ0v) is 13.5. The molecule has 25 heavy (non-hydrogen) atoms. The number of nitrogens with one attached hydrogen (secondary N) is 1. The fourth-order valence-electron chi connectivity index (χ4n) is 3.10. The van der Waals surface area contributed by atoms with Crippen molar-refractivity contribution in [2.45, 2.75) is 31.4 Å². The van der Waals surface area contributed by atoms with E-state index >= 15 is 0 Å². The van der Waals surface area contributed by atoms with Crippen LogP contribution in [0.1, 0.15) is 29.9 Å². The van der Waals surface area contributed by atoms with Gasteiger partial charge in [-0.3, -0.25) is 4.79 Å². The molecule has 1 N–H and O–H groups in total. The van der Waals surface area contributed by atoms with Crippen molar-refractivity contribution in [2.75, 3.05) is 11.9 Å². The lowest BCUT2D eigenvalue weighted by Crippen LogP contribution is -2.25. The topological polar surface area (TPSA) is 38.3 Å². The van der Waals surface area contributed by atoms with Gasteiger partial charge in [0.05, 0.1) is 11.6 Å².